The minimum Gasteiger partial charge on any atom is -0.493 e. The lowest BCUT2D eigenvalue weighted by atomic mass is 10.2. The first kappa shape index (κ1) is 15.3. The van der Waals surface area contributed by atoms with Gasteiger partial charge < -0.3 is 14.8 Å². The summed E-state index contributed by atoms with van der Waals surface area (Å²) in [5, 5.41) is 2.93. The Bertz CT molecular complexity index is 406. The summed E-state index contributed by atoms with van der Waals surface area (Å²) < 4.78 is 11.0. The average Bonchev–Trinajstić information content (AvgIpc) is 2.44. The van der Waals surface area contributed by atoms with Crippen LogP contribution >= 0.6 is 0 Å². The van der Waals surface area contributed by atoms with E-state index in [0.29, 0.717) is 17.9 Å². The Morgan fingerprint density at radius 3 is 2.37 bits per heavy atom. The Kier molecular flexibility index (Phi) is 6.19. The van der Waals surface area contributed by atoms with E-state index in [1.165, 1.54) is 0 Å². The maximum Gasteiger partial charge on any atom is 0.261 e. The fourth-order valence-electron chi connectivity index (χ4n) is 1.63. The van der Waals surface area contributed by atoms with Crippen LogP contribution in [-0.2, 0) is 4.79 Å². The second-order valence-corrected chi connectivity index (χ2v) is 4.48. The second-order valence-electron chi connectivity index (χ2n) is 4.48. The molecule has 1 aromatic carbocycles. The third kappa shape index (κ3) is 4.47. The number of carbonyl (C=O) groups excluding carboxylic acids is 1. The summed E-state index contributed by atoms with van der Waals surface area (Å²) >= 11 is 0. The quantitative estimate of drug-likeness (QED) is 0.824. The molecule has 0 aliphatic rings. The van der Waals surface area contributed by atoms with Crippen molar-refractivity contribution in [2.24, 2.45) is 0 Å². The van der Waals surface area contributed by atoms with Gasteiger partial charge in [-0.25, -0.2) is 0 Å². The maximum absolute atomic E-state index is 12.1. The minimum atomic E-state index is -0.495. The van der Waals surface area contributed by atoms with E-state index in [9.17, 15) is 4.79 Å². The predicted molar refractivity (Wildman–Crippen MR) is 75.6 cm³/mol. The molecule has 0 spiro atoms. The molecule has 2 atom stereocenters. The lowest BCUT2D eigenvalue weighted by Gasteiger charge is -2.20. The number of ether oxygens (including phenoxy) is 2. The van der Waals surface area contributed by atoms with E-state index >= 15 is 0 Å². The molecule has 2 unspecified atom stereocenters. The molecule has 19 heavy (non-hydrogen) atoms. The average molecular weight is 265 g/mol. The summed E-state index contributed by atoms with van der Waals surface area (Å²) in [6, 6.07) is 7.50. The van der Waals surface area contributed by atoms with E-state index in [1.807, 2.05) is 39.0 Å². The van der Waals surface area contributed by atoms with Crippen LogP contribution in [0.4, 0.5) is 0 Å². The molecular weight excluding hydrogens is 242 g/mol. The standard InChI is InChI=1S/C15H23NO3/c1-5-11(3)16-15(17)12(6-2)19-14-10-8-7-9-13(14)18-4/h7-12H,5-6H2,1-4H3,(H,16,17). The van der Waals surface area contributed by atoms with E-state index in [1.54, 1.807) is 13.2 Å². The van der Waals surface area contributed by atoms with E-state index in [2.05, 4.69) is 5.32 Å². The highest BCUT2D eigenvalue weighted by atomic mass is 16.5. The molecule has 0 aliphatic carbocycles. The minimum absolute atomic E-state index is 0.0808. The largest absolute Gasteiger partial charge is 0.493 e. The van der Waals surface area contributed by atoms with Crippen LogP contribution < -0.4 is 14.8 Å². The normalized spacial score (nSPS) is 13.5. The van der Waals surface area contributed by atoms with Gasteiger partial charge in [0.05, 0.1) is 7.11 Å². The zero-order valence-corrected chi connectivity index (χ0v) is 12.1. The number of carbonyl (C=O) groups is 1. The molecule has 0 saturated heterocycles. The van der Waals surface area contributed by atoms with Crippen molar-refractivity contribution in [2.45, 2.75) is 45.8 Å². The SMILES string of the molecule is CCC(C)NC(=O)C(CC)Oc1ccccc1OC. The van der Waals surface area contributed by atoms with Crippen LogP contribution in [0.2, 0.25) is 0 Å². The summed E-state index contributed by atoms with van der Waals surface area (Å²) in [6.45, 7) is 5.94. The number of rotatable bonds is 7. The number of amides is 1. The fourth-order valence-corrected chi connectivity index (χ4v) is 1.63. The summed E-state index contributed by atoms with van der Waals surface area (Å²) in [6.07, 6.45) is 1.02. The third-order valence-corrected chi connectivity index (χ3v) is 3.00. The van der Waals surface area contributed by atoms with E-state index in [-0.39, 0.29) is 11.9 Å². The van der Waals surface area contributed by atoms with Crippen molar-refractivity contribution in [2.75, 3.05) is 7.11 Å². The van der Waals surface area contributed by atoms with Crippen molar-refractivity contribution in [1.29, 1.82) is 0 Å². The summed E-state index contributed by atoms with van der Waals surface area (Å²) in [5.74, 6) is 1.15. The van der Waals surface area contributed by atoms with Crippen LogP contribution in [-0.4, -0.2) is 25.2 Å². The molecule has 1 N–H and O–H groups in total. The molecule has 0 bridgehead atoms. The van der Waals surface area contributed by atoms with Crippen LogP contribution in [0.1, 0.15) is 33.6 Å². The Hall–Kier alpha value is -1.71. The highest BCUT2D eigenvalue weighted by Crippen LogP contribution is 2.27. The van der Waals surface area contributed by atoms with Gasteiger partial charge in [0.25, 0.3) is 5.91 Å². The predicted octanol–water partition coefficient (Wildman–Crippen LogP) is 2.77. The van der Waals surface area contributed by atoms with Crippen LogP contribution in [0.5, 0.6) is 11.5 Å². The van der Waals surface area contributed by atoms with Crippen molar-refractivity contribution in [1.82, 2.24) is 5.32 Å². The first-order valence-corrected chi connectivity index (χ1v) is 6.72. The molecule has 0 saturated carbocycles. The third-order valence-electron chi connectivity index (χ3n) is 3.00. The van der Waals surface area contributed by atoms with Crippen LogP contribution in [0.25, 0.3) is 0 Å². The van der Waals surface area contributed by atoms with Gasteiger partial charge in [-0.1, -0.05) is 26.0 Å². The molecule has 0 heterocycles. The maximum atomic E-state index is 12.1. The zero-order valence-electron chi connectivity index (χ0n) is 12.1. The molecule has 0 aromatic heterocycles. The van der Waals surface area contributed by atoms with Gasteiger partial charge in [0.2, 0.25) is 0 Å². The summed E-state index contributed by atoms with van der Waals surface area (Å²) in [4.78, 5) is 12.1. The Balaban J connectivity index is 2.73. The van der Waals surface area contributed by atoms with Gasteiger partial charge in [-0.05, 0) is 31.9 Å². The summed E-state index contributed by atoms with van der Waals surface area (Å²) in [7, 11) is 1.59. The van der Waals surface area contributed by atoms with Crippen molar-refractivity contribution in [3.05, 3.63) is 24.3 Å². The van der Waals surface area contributed by atoms with Crippen LogP contribution in [0, 0.1) is 0 Å². The molecule has 0 fully saturated rings. The van der Waals surface area contributed by atoms with Crippen LogP contribution in [0.15, 0.2) is 24.3 Å². The lowest BCUT2D eigenvalue weighted by Crippen LogP contribution is -2.42. The Morgan fingerprint density at radius 1 is 1.21 bits per heavy atom. The number of hydrogen-bond donors (Lipinski definition) is 1. The first-order chi connectivity index (χ1) is 9.12. The van der Waals surface area contributed by atoms with Crippen molar-refractivity contribution in [3.63, 3.8) is 0 Å². The zero-order chi connectivity index (χ0) is 14.3. The number of methoxy groups -OCH3 is 1. The topological polar surface area (TPSA) is 47.6 Å². The van der Waals surface area contributed by atoms with Gasteiger partial charge in [0.15, 0.2) is 17.6 Å². The highest BCUT2D eigenvalue weighted by Gasteiger charge is 2.20. The van der Waals surface area contributed by atoms with Gasteiger partial charge in [0, 0.05) is 6.04 Å². The van der Waals surface area contributed by atoms with E-state index in [0.717, 1.165) is 6.42 Å². The van der Waals surface area contributed by atoms with Gasteiger partial charge in [-0.2, -0.15) is 0 Å². The van der Waals surface area contributed by atoms with Gasteiger partial charge in [-0.15, -0.1) is 0 Å². The van der Waals surface area contributed by atoms with Gasteiger partial charge in [-0.3, -0.25) is 4.79 Å². The molecular formula is C15H23NO3. The first-order valence-electron chi connectivity index (χ1n) is 6.72. The van der Waals surface area contributed by atoms with Crippen molar-refractivity contribution >= 4 is 5.91 Å². The van der Waals surface area contributed by atoms with Crippen molar-refractivity contribution in [3.8, 4) is 11.5 Å². The highest BCUT2D eigenvalue weighted by molar-refractivity contribution is 5.81. The smallest absolute Gasteiger partial charge is 0.261 e. The number of nitrogens with one attached hydrogen (secondary N) is 1. The number of para-hydroxylation sites is 2. The molecule has 4 nitrogen and oxygen atoms in total. The van der Waals surface area contributed by atoms with Crippen LogP contribution in [0.3, 0.4) is 0 Å². The molecule has 106 valence electrons. The van der Waals surface area contributed by atoms with Gasteiger partial charge >= 0.3 is 0 Å². The monoisotopic (exact) mass is 265 g/mol. The fraction of sp³-hybridized carbons (Fsp3) is 0.533. The number of hydrogen-bond acceptors (Lipinski definition) is 3. The molecule has 1 aromatic rings. The Morgan fingerprint density at radius 2 is 1.84 bits per heavy atom. The second kappa shape index (κ2) is 7.67. The molecule has 1 amide bonds. The van der Waals surface area contributed by atoms with Crippen molar-refractivity contribution < 1.29 is 14.3 Å². The molecule has 1 rings (SSSR count). The molecule has 0 aliphatic heterocycles. The molecule has 0 radical (unpaired) electrons. The Labute approximate surface area is 115 Å². The van der Waals surface area contributed by atoms with E-state index in [4.69, 9.17) is 9.47 Å². The lowest BCUT2D eigenvalue weighted by molar-refractivity contribution is -0.128. The van der Waals surface area contributed by atoms with E-state index < -0.39 is 6.10 Å². The number of benzene rings is 1. The summed E-state index contributed by atoms with van der Waals surface area (Å²) in [5.41, 5.74) is 0. The van der Waals surface area contributed by atoms with Gasteiger partial charge in [0.1, 0.15) is 0 Å². The molecule has 4 heteroatoms.